The van der Waals surface area contributed by atoms with E-state index in [-0.39, 0.29) is 6.42 Å². The molecule has 0 radical (unpaired) electrons. The van der Waals surface area contributed by atoms with E-state index in [9.17, 15) is 13.2 Å². The van der Waals surface area contributed by atoms with Crippen molar-refractivity contribution >= 4 is 11.3 Å². The lowest BCUT2D eigenvalue weighted by molar-refractivity contribution is -0.187. The van der Waals surface area contributed by atoms with E-state index >= 15 is 0 Å². The van der Waals surface area contributed by atoms with Gasteiger partial charge in [0.2, 0.25) is 0 Å². The minimum absolute atomic E-state index is 0.226. The number of aryl methyl sites for hydroxylation is 1. The van der Waals surface area contributed by atoms with E-state index in [2.05, 4.69) is 15.5 Å². The lowest BCUT2D eigenvalue weighted by atomic mass is 9.79. The quantitative estimate of drug-likeness (QED) is 0.807. The molecule has 1 saturated carbocycles. The van der Waals surface area contributed by atoms with Crippen LogP contribution in [0.25, 0.3) is 0 Å². The summed E-state index contributed by atoms with van der Waals surface area (Å²) in [6.07, 6.45) is -0.0762. The summed E-state index contributed by atoms with van der Waals surface area (Å²) in [6.45, 7) is 3.88. The molecule has 0 aromatic carbocycles. The van der Waals surface area contributed by atoms with Gasteiger partial charge in [-0.15, -0.1) is 21.5 Å². The molecule has 21 heavy (non-hydrogen) atoms. The fourth-order valence-corrected chi connectivity index (χ4v) is 3.96. The summed E-state index contributed by atoms with van der Waals surface area (Å²) in [5, 5.41) is 12.8. The van der Waals surface area contributed by atoms with Crippen LogP contribution in [0.5, 0.6) is 0 Å². The van der Waals surface area contributed by atoms with Crippen LogP contribution in [0.3, 0.4) is 0 Å². The molecular weight excluding hydrogens is 299 g/mol. The Hall–Kier alpha value is -0.690. The topological polar surface area (TPSA) is 37.8 Å². The van der Waals surface area contributed by atoms with E-state index in [1.807, 2.05) is 6.92 Å². The molecule has 1 fully saturated rings. The van der Waals surface area contributed by atoms with Crippen molar-refractivity contribution < 1.29 is 13.2 Å². The fraction of sp³-hybridized carbons (Fsp3) is 0.857. The van der Waals surface area contributed by atoms with Gasteiger partial charge in [-0.25, -0.2) is 0 Å². The van der Waals surface area contributed by atoms with Gasteiger partial charge in [-0.3, -0.25) is 0 Å². The maximum absolute atomic E-state index is 13.1. The van der Waals surface area contributed by atoms with Crippen molar-refractivity contribution in [2.45, 2.75) is 57.5 Å². The van der Waals surface area contributed by atoms with Gasteiger partial charge in [0, 0.05) is 12.3 Å². The third kappa shape index (κ3) is 4.64. The first-order chi connectivity index (χ1) is 10.0. The van der Waals surface area contributed by atoms with E-state index in [4.69, 9.17) is 0 Å². The van der Waals surface area contributed by atoms with Crippen LogP contribution < -0.4 is 5.32 Å². The molecule has 0 bridgehead atoms. The van der Waals surface area contributed by atoms with Gasteiger partial charge in [0.15, 0.2) is 0 Å². The zero-order valence-electron chi connectivity index (χ0n) is 12.2. The lowest BCUT2D eigenvalue weighted by Crippen LogP contribution is -2.31. The average molecular weight is 321 g/mol. The Balaban J connectivity index is 1.98. The number of aromatic nitrogens is 2. The first-order valence-corrected chi connectivity index (χ1v) is 8.43. The molecule has 2 atom stereocenters. The number of rotatable bonds is 6. The maximum atomic E-state index is 13.1. The molecule has 0 spiro atoms. The van der Waals surface area contributed by atoms with E-state index in [0.717, 1.165) is 37.4 Å². The molecule has 2 rings (SSSR count). The van der Waals surface area contributed by atoms with Crippen LogP contribution in [0.2, 0.25) is 0 Å². The van der Waals surface area contributed by atoms with Crippen molar-refractivity contribution in [3.63, 3.8) is 0 Å². The molecule has 0 saturated heterocycles. The largest absolute Gasteiger partial charge is 0.392 e. The summed E-state index contributed by atoms with van der Waals surface area (Å²) in [6, 6.07) is 0. The molecule has 1 aliphatic carbocycles. The minimum Gasteiger partial charge on any atom is -0.317 e. The SMILES string of the molecule is CCNCCCc1nnc(C2CCCCC2C(F)(F)F)s1. The van der Waals surface area contributed by atoms with Gasteiger partial charge < -0.3 is 5.32 Å². The van der Waals surface area contributed by atoms with Crippen LogP contribution in [0.15, 0.2) is 0 Å². The number of nitrogens with zero attached hydrogens (tertiary/aromatic N) is 2. The molecule has 0 aliphatic heterocycles. The van der Waals surface area contributed by atoms with Crippen LogP contribution in [0, 0.1) is 5.92 Å². The zero-order chi connectivity index (χ0) is 15.3. The first-order valence-electron chi connectivity index (χ1n) is 7.62. The molecule has 3 nitrogen and oxygen atoms in total. The Kier molecular flexibility index (Phi) is 5.98. The fourth-order valence-electron chi connectivity index (χ4n) is 2.88. The van der Waals surface area contributed by atoms with Crippen molar-refractivity contribution in [1.82, 2.24) is 15.5 Å². The highest BCUT2D eigenvalue weighted by Gasteiger charge is 2.47. The van der Waals surface area contributed by atoms with Crippen LogP contribution in [0.4, 0.5) is 13.2 Å². The van der Waals surface area contributed by atoms with E-state index in [1.54, 1.807) is 0 Å². The smallest absolute Gasteiger partial charge is 0.317 e. The Morgan fingerprint density at radius 1 is 1.24 bits per heavy atom. The molecule has 1 aromatic rings. The summed E-state index contributed by atoms with van der Waals surface area (Å²) >= 11 is 1.37. The number of halogens is 3. The highest BCUT2D eigenvalue weighted by molar-refractivity contribution is 7.11. The molecule has 1 N–H and O–H groups in total. The van der Waals surface area contributed by atoms with Crippen LogP contribution in [-0.2, 0) is 6.42 Å². The first kappa shape index (κ1) is 16.7. The van der Waals surface area contributed by atoms with E-state index in [1.165, 1.54) is 11.3 Å². The predicted molar refractivity (Wildman–Crippen MR) is 77.5 cm³/mol. The van der Waals surface area contributed by atoms with Gasteiger partial charge in [0.1, 0.15) is 10.0 Å². The molecular formula is C14H22F3N3S. The van der Waals surface area contributed by atoms with Gasteiger partial charge in [-0.1, -0.05) is 19.8 Å². The van der Waals surface area contributed by atoms with Crippen LogP contribution >= 0.6 is 11.3 Å². The summed E-state index contributed by atoms with van der Waals surface area (Å²) in [5.41, 5.74) is 0. The van der Waals surface area contributed by atoms with Gasteiger partial charge in [-0.05, 0) is 32.4 Å². The Morgan fingerprint density at radius 2 is 2.00 bits per heavy atom. The van der Waals surface area contributed by atoms with Crippen LogP contribution in [0.1, 0.15) is 55.0 Å². The van der Waals surface area contributed by atoms with Gasteiger partial charge in [0.05, 0.1) is 5.92 Å². The maximum Gasteiger partial charge on any atom is 0.392 e. The van der Waals surface area contributed by atoms with Crippen molar-refractivity contribution in [3.05, 3.63) is 10.0 Å². The molecule has 1 heterocycles. The van der Waals surface area contributed by atoms with Crippen molar-refractivity contribution in [1.29, 1.82) is 0 Å². The molecule has 1 aliphatic rings. The van der Waals surface area contributed by atoms with Gasteiger partial charge >= 0.3 is 6.18 Å². The third-order valence-corrected chi connectivity index (χ3v) is 5.10. The second-order valence-corrected chi connectivity index (χ2v) is 6.62. The molecule has 120 valence electrons. The highest BCUT2D eigenvalue weighted by atomic mass is 32.1. The minimum atomic E-state index is -4.12. The third-order valence-electron chi connectivity index (χ3n) is 3.98. The van der Waals surface area contributed by atoms with Gasteiger partial charge in [0.25, 0.3) is 0 Å². The zero-order valence-corrected chi connectivity index (χ0v) is 13.1. The number of nitrogens with one attached hydrogen (secondary N) is 1. The standard InChI is InChI=1S/C14H22F3N3S/c1-2-18-9-5-8-12-19-20-13(21-12)10-6-3-4-7-11(10)14(15,16)17/h10-11,18H,2-9H2,1H3. The normalized spacial score (nSPS) is 23.4. The Bertz CT molecular complexity index is 433. The van der Waals surface area contributed by atoms with Crippen LogP contribution in [-0.4, -0.2) is 29.5 Å². The second kappa shape index (κ2) is 7.54. The number of alkyl halides is 3. The molecule has 1 aromatic heterocycles. The Labute approximate surface area is 127 Å². The summed E-state index contributed by atoms with van der Waals surface area (Å²) in [7, 11) is 0. The van der Waals surface area contributed by atoms with E-state index < -0.39 is 18.0 Å². The van der Waals surface area contributed by atoms with Crippen molar-refractivity contribution in [2.24, 2.45) is 5.92 Å². The molecule has 7 heteroatoms. The second-order valence-electron chi connectivity index (χ2n) is 5.53. The summed E-state index contributed by atoms with van der Waals surface area (Å²) in [4.78, 5) is 0. The molecule has 0 amide bonds. The van der Waals surface area contributed by atoms with Gasteiger partial charge in [-0.2, -0.15) is 13.2 Å². The van der Waals surface area contributed by atoms with Crippen molar-refractivity contribution in [3.8, 4) is 0 Å². The highest BCUT2D eigenvalue weighted by Crippen LogP contribution is 2.46. The summed E-state index contributed by atoms with van der Waals surface area (Å²) in [5.74, 6) is -1.73. The van der Waals surface area contributed by atoms with Crippen molar-refractivity contribution in [2.75, 3.05) is 13.1 Å². The number of hydrogen-bond acceptors (Lipinski definition) is 4. The van der Waals surface area contributed by atoms with E-state index in [0.29, 0.717) is 17.8 Å². The predicted octanol–water partition coefficient (Wildman–Crippen LogP) is 3.92. The lowest BCUT2D eigenvalue weighted by Gasteiger charge is -2.31. The number of hydrogen-bond donors (Lipinski definition) is 1. The Morgan fingerprint density at radius 3 is 2.71 bits per heavy atom. The molecule has 2 unspecified atom stereocenters. The summed E-state index contributed by atoms with van der Waals surface area (Å²) < 4.78 is 39.4. The monoisotopic (exact) mass is 321 g/mol. The average Bonchev–Trinajstić information content (AvgIpc) is 2.91.